The maximum Gasteiger partial charge on any atom is 0.269 e. The van der Waals surface area contributed by atoms with Gasteiger partial charge < -0.3 is 9.88 Å². The summed E-state index contributed by atoms with van der Waals surface area (Å²) in [6.07, 6.45) is 1.39. The van der Waals surface area contributed by atoms with E-state index in [-0.39, 0.29) is 23.4 Å². The number of amides is 1. The van der Waals surface area contributed by atoms with Gasteiger partial charge in [-0.3, -0.25) is 19.7 Å². The molecule has 0 bridgehead atoms. The van der Waals surface area contributed by atoms with Crippen molar-refractivity contribution in [3.8, 4) is 0 Å². The average Bonchev–Trinajstić information content (AvgIpc) is 2.64. The normalized spacial score (nSPS) is 10.4. The Labute approximate surface area is 152 Å². The molecule has 136 valence electrons. The van der Waals surface area contributed by atoms with Crippen LogP contribution >= 0.6 is 0 Å². The number of hydrogen-bond donors (Lipinski definition) is 1. The molecule has 0 radical (unpaired) electrons. The first kappa shape index (κ1) is 18.0. The van der Waals surface area contributed by atoms with E-state index in [1.165, 1.54) is 53.2 Å². The number of aromatic nitrogens is 1. The maximum atomic E-state index is 13.2. The van der Waals surface area contributed by atoms with Crippen LogP contribution < -0.4 is 10.9 Å². The molecule has 0 aliphatic rings. The van der Waals surface area contributed by atoms with Crippen molar-refractivity contribution in [1.82, 2.24) is 4.57 Å². The Kier molecular flexibility index (Phi) is 5.07. The number of non-ortho nitro benzene ring substituents is 1. The van der Waals surface area contributed by atoms with Crippen LogP contribution in [0.5, 0.6) is 0 Å². The first-order valence-corrected chi connectivity index (χ1v) is 7.93. The Hall–Kier alpha value is -3.81. The molecular weight excluding hydrogens is 353 g/mol. The highest BCUT2D eigenvalue weighted by atomic mass is 19.1. The lowest BCUT2D eigenvalue weighted by molar-refractivity contribution is -0.384. The highest BCUT2D eigenvalue weighted by molar-refractivity contribution is 6.04. The maximum absolute atomic E-state index is 13.2. The van der Waals surface area contributed by atoms with Crippen LogP contribution in [-0.2, 0) is 6.54 Å². The number of nitro benzene ring substituents is 1. The summed E-state index contributed by atoms with van der Waals surface area (Å²) in [5.41, 5.74) is 0.823. The highest BCUT2D eigenvalue weighted by Gasteiger charge is 2.10. The Morgan fingerprint density at radius 2 is 1.85 bits per heavy atom. The van der Waals surface area contributed by atoms with Crippen LogP contribution in [0.2, 0.25) is 0 Å². The molecule has 7 nitrogen and oxygen atoms in total. The number of nitro groups is 1. The smallest absolute Gasteiger partial charge is 0.269 e. The number of nitrogens with zero attached hydrogens (tertiary/aromatic N) is 2. The van der Waals surface area contributed by atoms with Gasteiger partial charge in [0.15, 0.2) is 0 Å². The molecule has 0 aliphatic carbocycles. The lowest BCUT2D eigenvalue weighted by atomic mass is 10.2. The van der Waals surface area contributed by atoms with E-state index < -0.39 is 16.6 Å². The molecule has 0 fully saturated rings. The number of halogens is 1. The highest BCUT2D eigenvalue weighted by Crippen LogP contribution is 2.13. The molecule has 2 aromatic carbocycles. The summed E-state index contributed by atoms with van der Waals surface area (Å²) in [4.78, 5) is 34.6. The average molecular weight is 367 g/mol. The topological polar surface area (TPSA) is 94.2 Å². The molecule has 8 heteroatoms. The minimum Gasteiger partial charge on any atom is -0.322 e. The van der Waals surface area contributed by atoms with Crippen molar-refractivity contribution in [2.75, 3.05) is 5.32 Å². The van der Waals surface area contributed by atoms with Gasteiger partial charge in [-0.2, -0.15) is 0 Å². The van der Waals surface area contributed by atoms with Gasteiger partial charge in [0.05, 0.1) is 17.0 Å². The van der Waals surface area contributed by atoms with Gasteiger partial charge in [0, 0.05) is 30.1 Å². The Bertz CT molecular complexity index is 1060. The molecule has 1 N–H and O–H groups in total. The summed E-state index contributed by atoms with van der Waals surface area (Å²) in [7, 11) is 0. The van der Waals surface area contributed by atoms with E-state index in [1.54, 1.807) is 18.2 Å². The molecule has 1 amide bonds. The third-order valence-electron chi connectivity index (χ3n) is 3.83. The van der Waals surface area contributed by atoms with Crippen LogP contribution in [0.1, 0.15) is 15.9 Å². The minimum absolute atomic E-state index is 0.0469. The zero-order chi connectivity index (χ0) is 19.4. The predicted molar refractivity (Wildman–Crippen MR) is 97.3 cm³/mol. The van der Waals surface area contributed by atoms with Crippen molar-refractivity contribution in [2.45, 2.75) is 6.54 Å². The van der Waals surface area contributed by atoms with Crippen LogP contribution in [-0.4, -0.2) is 15.4 Å². The van der Waals surface area contributed by atoms with Crippen LogP contribution in [0.3, 0.4) is 0 Å². The van der Waals surface area contributed by atoms with E-state index >= 15 is 0 Å². The van der Waals surface area contributed by atoms with Gasteiger partial charge in [0.1, 0.15) is 5.82 Å². The van der Waals surface area contributed by atoms with Crippen LogP contribution in [0.15, 0.2) is 71.7 Å². The second-order valence-corrected chi connectivity index (χ2v) is 5.77. The van der Waals surface area contributed by atoms with Gasteiger partial charge in [-0.05, 0) is 29.8 Å². The molecule has 27 heavy (non-hydrogen) atoms. The number of nitrogens with one attached hydrogen (secondary N) is 1. The fourth-order valence-electron chi connectivity index (χ4n) is 2.48. The van der Waals surface area contributed by atoms with Crippen molar-refractivity contribution >= 4 is 17.3 Å². The molecule has 0 saturated heterocycles. The Morgan fingerprint density at radius 1 is 1.11 bits per heavy atom. The quantitative estimate of drug-likeness (QED) is 0.553. The minimum atomic E-state index is -0.507. The first-order chi connectivity index (χ1) is 12.9. The summed E-state index contributed by atoms with van der Waals surface area (Å²) in [5.74, 6) is -0.964. The van der Waals surface area contributed by atoms with E-state index in [4.69, 9.17) is 0 Å². The van der Waals surface area contributed by atoms with Gasteiger partial charge in [-0.15, -0.1) is 0 Å². The molecule has 0 atom stereocenters. The van der Waals surface area contributed by atoms with E-state index in [1.807, 2.05) is 0 Å². The van der Waals surface area contributed by atoms with Gasteiger partial charge in [0.2, 0.25) is 0 Å². The fourth-order valence-corrected chi connectivity index (χ4v) is 2.48. The monoisotopic (exact) mass is 367 g/mol. The lowest BCUT2D eigenvalue weighted by Gasteiger charge is -2.09. The summed E-state index contributed by atoms with van der Waals surface area (Å²) in [6.45, 7) is 0.151. The molecule has 3 aromatic rings. The van der Waals surface area contributed by atoms with Gasteiger partial charge in [-0.25, -0.2) is 4.39 Å². The molecule has 0 unspecified atom stereocenters. The largest absolute Gasteiger partial charge is 0.322 e. The van der Waals surface area contributed by atoms with Gasteiger partial charge in [0.25, 0.3) is 17.2 Å². The van der Waals surface area contributed by atoms with E-state index in [0.29, 0.717) is 11.3 Å². The summed E-state index contributed by atoms with van der Waals surface area (Å²) < 4.78 is 14.5. The molecule has 3 rings (SSSR count). The molecule has 0 aliphatic heterocycles. The van der Waals surface area contributed by atoms with Crippen LogP contribution in [0, 0.1) is 15.9 Å². The third kappa shape index (κ3) is 4.43. The van der Waals surface area contributed by atoms with Crippen molar-refractivity contribution in [3.63, 3.8) is 0 Å². The molecular formula is C19H14FN3O4. The predicted octanol–water partition coefficient (Wildman–Crippen LogP) is 3.20. The molecule has 1 aromatic heterocycles. The number of anilines is 1. The van der Waals surface area contributed by atoms with E-state index in [2.05, 4.69) is 5.32 Å². The Morgan fingerprint density at radius 3 is 2.52 bits per heavy atom. The number of carbonyl (C=O) groups excluding carboxylic acids is 1. The first-order valence-electron chi connectivity index (χ1n) is 7.93. The number of pyridine rings is 1. The third-order valence-corrected chi connectivity index (χ3v) is 3.83. The SMILES string of the molecule is O=C(Nc1cccc(F)c1)c1ccc(=O)n(Cc2ccc([N+](=O)[O-])cc2)c1. The second kappa shape index (κ2) is 7.61. The van der Waals surface area contributed by atoms with Crippen molar-refractivity contribution in [2.24, 2.45) is 0 Å². The lowest BCUT2D eigenvalue weighted by Crippen LogP contribution is -2.22. The molecule has 0 saturated carbocycles. The molecule has 1 heterocycles. The van der Waals surface area contributed by atoms with Gasteiger partial charge >= 0.3 is 0 Å². The number of carbonyl (C=O) groups is 1. The second-order valence-electron chi connectivity index (χ2n) is 5.77. The summed E-state index contributed by atoms with van der Waals surface area (Å²) >= 11 is 0. The summed E-state index contributed by atoms with van der Waals surface area (Å²) in [6, 6.07) is 13.9. The number of hydrogen-bond acceptors (Lipinski definition) is 4. The fraction of sp³-hybridized carbons (Fsp3) is 0.0526. The van der Waals surface area contributed by atoms with E-state index in [0.717, 1.165) is 0 Å². The number of rotatable bonds is 5. The standard InChI is InChI=1S/C19H14FN3O4/c20-15-2-1-3-16(10-15)21-19(25)14-6-9-18(24)22(12-14)11-13-4-7-17(8-5-13)23(26)27/h1-10,12H,11H2,(H,21,25). The van der Waals surface area contributed by atoms with Crippen molar-refractivity contribution < 1.29 is 14.1 Å². The van der Waals surface area contributed by atoms with Crippen LogP contribution in [0.4, 0.5) is 15.8 Å². The molecule has 0 spiro atoms. The zero-order valence-electron chi connectivity index (χ0n) is 14.0. The number of benzene rings is 2. The van der Waals surface area contributed by atoms with Gasteiger partial charge in [-0.1, -0.05) is 18.2 Å². The Balaban J connectivity index is 1.80. The van der Waals surface area contributed by atoms with Crippen molar-refractivity contribution in [3.05, 3.63) is 104 Å². The van der Waals surface area contributed by atoms with E-state index in [9.17, 15) is 24.1 Å². The summed E-state index contributed by atoms with van der Waals surface area (Å²) in [5, 5.41) is 13.3. The zero-order valence-corrected chi connectivity index (χ0v) is 14.0. The van der Waals surface area contributed by atoms with Crippen LogP contribution in [0.25, 0.3) is 0 Å². The van der Waals surface area contributed by atoms with Crippen molar-refractivity contribution in [1.29, 1.82) is 0 Å².